The van der Waals surface area contributed by atoms with Gasteiger partial charge < -0.3 is 14.8 Å². The van der Waals surface area contributed by atoms with Crippen molar-refractivity contribution in [1.82, 2.24) is 0 Å². The van der Waals surface area contributed by atoms with Gasteiger partial charge in [-0.25, -0.2) is 4.79 Å². The zero-order chi connectivity index (χ0) is 21.6. The smallest absolute Gasteiger partial charge is 0.338 e. The lowest BCUT2D eigenvalue weighted by atomic mass is 9.87. The highest BCUT2D eigenvalue weighted by Crippen LogP contribution is 2.25. The van der Waals surface area contributed by atoms with Gasteiger partial charge in [-0.2, -0.15) is 0 Å². The molecule has 2 aromatic rings. The number of benzene rings is 2. The Bertz CT molecular complexity index is 850. The number of carbonyl (C=O) groups excluding carboxylic acids is 2. The summed E-state index contributed by atoms with van der Waals surface area (Å²) in [7, 11) is 0. The van der Waals surface area contributed by atoms with Crippen LogP contribution in [0.15, 0.2) is 42.5 Å². The summed E-state index contributed by atoms with van der Waals surface area (Å²) >= 11 is 0. The number of ether oxygens (including phenoxy) is 2. The molecule has 0 spiro atoms. The maximum absolute atomic E-state index is 12.7. The predicted octanol–water partition coefficient (Wildman–Crippen LogP) is 5.27. The van der Waals surface area contributed by atoms with Crippen LogP contribution in [0.1, 0.15) is 62.5 Å². The fourth-order valence-corrected chi connectivity index (χ4v) is 2.88. The third kappa shape index (κ3) is 6.08. The van der Waals surface area contributed by atoms with Gasteiger partial charge in [-0.05, 0) is 67.1 Å². The van der Waals surface area contributed by atoms with Gasteiger partial charge in [-0.3, -0.25) is 4.79 Å². The highest BCUT2D eigenvalue weighted by atomic mass is 16.5. The number of esters is 1. The van der Waals surface area contributed by atoms with Crippen molar-refractivity contribution in [2.45, 2.75) is 59.5 Å². The van der Waals surface area contributed by atoms with Crippen LogP contribution in [0.5, 0.6) is 5.75 Å². The molecule has 0 saturated heterocycles. The molecule has 29 heavy (non-hydrogen) atoms. The molecule has 1 amide bonds. The van der Waals surface area contributed by atoms with E-state index >= 15 is 0 Å². The van der Waals surface area contributed by atoms with Crippen molar-refractivity contribution in [2.24, 2.45) is 0 Å². The number of hydrogen-bond donors (Lipinski definition) is 1. The van der Waals surface area contributed by atoms with Crippen LogP contribution in [0.25, 0.3) is 0 Å². The van der Waals surface area contributed by atoms with Crippen LogP contribution in [0.2, 0.25) is 0 Å². The number of hydrogen-bond acceptors (Lipinski definition) is 4. The molecule has 2 rings (SSSR count). The van der Waals surface area contributed by atoms with Gasteiger partial charge in [0.2, 0.25) is 0 Å². The molecule has 1 N–H and O–H groups in total. The first-order valence-electron chi connectivity index (χ1n) is 10.0. The lowest BCUT2D eigenvalue weighted by molar-refractivity contribution is -0.122. The standard InChI is InChI=1S/C24H31NO4/c1-7-21(29-19-12-10-18(11-13-19)24(4,5)6)22(26)25-20-14-9-17(15-16(20)3)23(27)28-8-2/h9-15,21H,7-8H2,1-6H3,(H,25,26). The van der Waals surface area contributed by atoms with Gasteiger partial charge in [0.05, 0.1) is 12.2 Å². The van der Waals surface area contributed by atoms with Crippen LogP contribution in [-0.4, -0.2) is 24.6 Å². The van der Waals surface area contributed by atoms with Gasteiger partial charge in [0.1, 0.15) is 5.75 Å². The molecule has 5 nitrogen and oxygen atoms in total. The molecule has 0 radical (unpaired) electrons. The average Bonchev–Trinajstić information content (AvgIpc) is 2.67. The number of nitrogens with one attached hydrogen (secondary N) is 1. The van der Waals surface area contributed by atoms with Gasteiger partial charge in [-0.15, -0.1) is 0 Å². The van der Waals surface area contributed by atoms with Gasteiger partial charge in [0, 0.05) is 5.69 Å². The highest BCUT2D eigenvalue weighted by Gasteiger charge is 2.20. The molecule has 2 aromatic carbocycles. The average molecular weight is 398 g/mol. The summed E-state index contributed by atoms with van der Waals surface area (Å²) in [4.78, 5) is 24.6. The van der Waals surface area contributed by atoms with E-state index in [2.05, 4.69) is 26.1 Å². The molecule has 0 aromatic heterocycles. The largest absolute Gasteiger partial charge is 0.481 e. The predicted molar refractivity (Wildman–Crippen MR) is 116 cm³/mol. The number of carbonyl (C=O) groups is 2. The second-order valence-electron chi connectivity index (χ2n) is 8.03. The molecule has 0 aliphatic heterocycles. The second-order valence-corrected chi connectivity index (χ2v) is 8.03. The molecular weight excluding hydrogens is 366 g/mol. The maximum Gasteiger partial charge on any atom is 0.338 e. The quantitative estimate of drug-likeness (QED) is 0.647. The van der Waals surface area contributed by atoms with E-state index in [1.807, 2.05) is 38.1 Å². The van der Waals surface area contributed by atoms with E-state index in [9.17, 15) is 9.59 Å². The van der Waals surface area contributed by atoms with E-state index in [0.29, 0.717) is 30.0 Å². The molecule has 0 aliphatic rings. The Balaban J connectivity index is 2.07. The van der Waals surface area contributed by atoms with E-state index in [4.69, 9.17) is 9.47 Å². The molecule has 0 saturated carbocycles. The fraction of sp³-hybridized carbons (Fsp3) is 0.417. The Morgan fingerprint density at radius 1 is 1.03 bits per heavy atom. The van der Waals surface area contributed by atoms with Crippen molar-refractivity contribution in [1.29, 1.82) is 0 Å². The number of rotatable bonds is 7. The third-order valence-electron chi connectivity index (χ3n) is 4.66. The van der Waals surface area contributed by atoms with Gasteiger partial charge in [0.25, 0.3) is 5.91 Å². The Morgan fingerprint density at radius 3 is 2.21 bits per heavy atom. The van der Waals surface area contributed by atoms with Crippen LogP contribution < -0.4 is 10.1 Å². The highest BCUT2D eigenvalue weighted by molar-refractivity contribution is 5.96. The Labute approximate surface area is 173 Å². The van der Waals surface area contributed by atoms with Crippen LogP contribution >= 0.6 is 0 Å². The minimum atomic E-state index is -0.611. The van der Waals surface area contributed by atoms with Crippen LogP contribution in [0.3, 0.4) is 0 Å². The van der Waals surface area contributed by atoms with Crippen molar-refractivity contribution < 1.29 is 19.1 Å². The number of aryl methyl sites for hydroxylation is 1. The molecule has 0 heterocycles. The minimum absolute atomic E-state index is 0.0628. The number of amides is 1. The summed E-state index contributed by atoms with van der Waals surface area (Å²) in [6, 6.07) is 12.9. The summed E-state index contributed by atoms with van der Waals surface area (Å²) in [6.45, 7) is 12.3. The van der Waals surface area contributed by atoms with E-state index < -0.39 is 6.10 Å². The van der Waals surface area contributed by atoms with Crippen LogP contribution in [-0.2, 0) is 14.9 Å². The Morgan fingerprint density at radius 2 is 1.69 bits per heavy atom. The first-order chi connectivity index (χ1) is 13.7. The van der Waals surface area contributed by atoms with Crippen LogP contribution in [0, 0.1) is 6.92 Å². The summed E-state index contributed by atoms with van der Waals surface area (Å²) in [5, 5.41) is 2.90. The first-order valence-corrected chi connectivity index (χ1v) is 10.0. The van der Waals surface area contributed by atoms with Crippen molar-refractivity contribution in [3.63, 3.8) is 0 Å². The summed E-state index contributed by atoms with van der Waals surface area (Å²) in [5.74, 6) is 0.0655. The number of anilines is 1. The van der Waals surface area contributed by atoms with E-state index in [-0.39, 0.29) is 17.3 Å². The van der Waals surface area contributed by atoms with Crippen molar-refractivity contribution in [3.05, 3.63) is 59.2 Å². The molecule has 0 fully saturated rings. The molecular formula is C24H31NO4. The van der Waals surface area contributed by atoms with Gasteiger partial charge >= 0.3 is 5.97 Å². The molecule has 1 atom stereocenters. The van der Waals surface area contributed by atoms with Gasteiger partial charge in [0.15, 0.2) is 6.10 Å². The normalized spacial score (nSPS) is 12.2. The molecule has 5 heteroatoms. The SMILES string of the molecule is CCOC(=O)c1ccc(NC(=O)C(CC)Oc2ccc(C(C)(C)C)cc2)c(C)c1. The summed E-state index contributed by atoms with van der Waals surface area (Å²) in [6.07, 6.45) is -0.0769. The summed E-state index contributed by atoms with van der Waals surface area (Å²) in [5.41, 5.74) is 3.17. The van der Waals surface area contributed by atoms with Crippen LogP contribution in [0.4, 0.5) is 5.69 Å². The van der Waals surface area contributed by atoms with Crippen molar-refractivity contribution in [3.8, 4) is 5.75 Å². The second kappa shape index (κ2) is 9.59. The monoisotopic (exact) mass is 397 g/mol. The first kappa shape index (κ1) is 22.5. The molecule has 1 unspecified atom stereocenters. The zero-order valence-corrected chi connectivity index (χ0v) is 18.2. The third-order valence-corrected chi connectivity index (χ3v) is 4.66. The topological polar surface area (TPSA) is 64.6 Å². The van der Waals surface area contributed by atoms with Crippen molar-refractivity contribution in [2.75, 3.05) is 11.9 Å². The van der Waals surface area contributed by atoms with E-state index in [1.165, 1.54) is 5.56 Å². The van der Waals surface area contributed by atoms with E-state index in [0.717, 1.165) is 5.56 Å². The van der Waals surface area contributed by atoms with Crippen molar-refractivity contribution >= 4 is 17.6 Å². The lowest BCUT2D eigenvalue weighted by Gasteiger charge is -2.21. The van der Waals surface area contributed by atoms with E-state index in [1.54, 1.807) is 25.1 Å². The zero-order valence-electron chi connectivity index (χ0n) is 18.2. The Kier molecular flexibility index (Phi) is 7.43. The summed E-state index contributed by atoms with van der Waals surface area (Å²) < 4.78 is 10.9. The molecule has 156 valence electrons. The Hall–Kier alpha value is -2.82. The molecule has 0 aliphatic carbocycles. The minimum Gasteiger partial charge on any atom is -0.481 e. The molecule has 0 bridgehead atoms. The maximum atomic E-state index is 12.7. The van der Waals surface area contributed by atoms with Gasteiger partial charge in [-0.1, -0.05) is 39.8 Å². The fourth-order valence-electron chi connectivity index (χ4n) is 2.88. The lowest BCUT2D eigenvalue weighted by Crippen LogP contribution is -2.32.